The van der Waals surface area contributed by atoms with Crippen molar-refractivity contribution >= 4 is 17.2 Å². The van der Waals surface area contributed by atoms with Gasteiger partial charge in [0.1, 0.15) is 11.6 Å². The van der Waals surface area contributed by atoms with Crippen LogP contribution in [0, 0.1) is 29.6 Å². The molecule has 1 aromatic carbocycles. The van der Waals surface area contributed by atoms with E-state index < -0.39 is 0 Å². The number of nitrogens with zero attached hydrogens (tertiary/aromatic N) is 3. The van der Waals surface area contributed by atoms with Crippen LogP contribution in [-0.4, -0.2) is 67.2 Å². The van der Waals surface area contributed by atoms with Crippen LogP contribution in [0.1, 0.15) is 58.3 Å². The lowest BCUT2D eigenvalue weighted by Gasteiger charge is -2.36. The molecule has 1 saturated heterocycles. The molecule has 0 spiro atoms. The summed E-state index contributed by atoms with van der Waals surface area (Å²) >= 11 is 0. The highest BCUT2D eigenvalue weighted by Gasteiger charge is 2.51. The molecule has 0 radical (unpaired) electrons. The summed E-state index contributed by atoms with van der Waals surface area (Å²) in [6, 6.07) is 6.68. The molecule has 7 heteroatoms. The van der Waals surface area contributed by atoms with Crippen LogP contribution in [0.15, 0.2) is 48.1 Å². The molecule has 43 heavy (non-hydrogen) atoms. The Morgan fingerprint density at radius 1 is 1.16 bits per heavy atom. The van der Waals surface area contributed by atoms with E-state index in [0.717, 1.165) is 74.7 Å². The number of aromatic nitrogens is 2. The molecule has 2 fully saturated rings. The standard InChI is InChI=1S/C36H49N5O2/c1-7-27(32-24-12-13-25(20-24)33(32)36(42)37-22(2)3)31-23(4)10-8-9-11-29-34(31)39-35(38-29)28-15-14-26(21-30(28)43-6)41-18-16-40(5)17-19-41/h8,10,12-15,21-22,24-25,27,32-33H,7,9,11,16-20H2,1-6H3,(H,37,42)(H,38,39)/b10-8-,31-23?. The first-order valence-electron chi connectivity index (χ1n) is 16.4. The van der Waals surface area contributed by atoms with E-state index in [1.54, 1.807) is 7.11 Å². The maximum Gasteiger partial charge on any atom is 0.224 e. The Morgan fingerprint density at radius 2 is 1.93 bits per heavy atom. The van der Waals surface area contributed by atoms with E-state index in [9.17, 15) is 4.79 Å². The van der Waals surface area contributed by atoms with Gasteiger partial charge in [-0.3, -0.25) is 4.79 Å². The van der Waals surface area contributed by atoms with E-state index in [-0.39, 0.29) is 29.7 Å². The summed E-state index contributed by atoms with van der Waals surface area (Å²) < 4.78 is 5.96. The number of H-pyrrole nitrogens is 1. The number of likely N-dealkylation sites (N-methyl/N-ethyl adjacent to an activating group) is 1. The maximum atomic E-state index is 13.6. The SMILES string of the molecule is CCC(C1=C(C)/C=C\CCc2[nH]c(-c3ccc(N4CCN(C)CC4)cc3OC)nc21)C1C2C=CC(C2)C1C(=O)NC(C)C. The molecule has 1 aromatic heterocycles. The van der Waals surface area contributed by atoms with E-state index in [0.29, 0.717) is 11.8 Å². The van der Waals surface area contributed by atoms with Gasteiger partial charge in [0.2, 0.25) is 5.91 Å². The van der Waals surface area contributed by atoms with Crippen LogP contribution in [0.2, 0.25) is 0 Å². The number of piperazine rings is 1. The highest BCUT2D eigenvalue weighted by molar-refractivity contribution is 5.82. The number of carbonyl (C=O) groups excluding carboxylic acids is 1. The summed E-state index contributed by atoms with van der Waals surface area (Å²) in [5.41, 5.74) is 7.00. The lowest BCUT2D eigenvalue weighted by molar-refractivity contribution is -0.128. The molecular weight excluding hydrogens is 534 g/mol. The lowest BCUT2D eigenvalue weighted by atomic mass is 9.69. The molecule has 1 aliphatic heterocycles. The normalized spacial score (nSPS) is 26.8. The quantitative estimate of drug-likeness (QED) is 0.368. The van der Waals surface area contributed by atoms with Gasteiger partial charge >= 0.3 is 0 Å². The topological polar surface area (TPSA) is 73.5 Å². The molecule has 2 aromatic rings. The minimum absolute atomic E-state index is 0.00106. The predicted molar refractivity (Wildman–Crippen MR) is 175 cm³/mol. The summed E-state index contributed by atoms with van der Waals surface area (Å²) in [4.78, 5) is 27.5. The number of hydrogen-bond donors (Lipinski definition) is 2. The van der Waals surface area contributed by atoms with Crippen LogP contribution >= 0.6 is 0 Å². The van der Waals surface area contributed by atoms with Crippen molar-refractivity contribution in [2.24, 2.45) is 29.6 Å². The van der Waals surface area contributed by atoms with Crippen LogP contribution in [0.5, 0.6) is 5.75 Å². The Morgan fingerprint density at radius 3 is 2.65 bits per heavy atom. The third-order valence-corrected chi connectivity index (χ3v) is 10.2. The Hall–Kier alpha value is -3.32. The minimum Gasteiger partial charge on any atom is -0.496 e. The van der Waals surface area contributed by atoms with E-state index in [2.05, 4.69) is 97.3 Å². The average molecular weight is 584 g/mol. The third-order valence-electron chi connectivity index (χ3n) is 10.2. The van der Waals surface area contributed by atoms with Crippen LogP contribution in [0.25, 0.3) is 17.0 Å². The number of fused-ring (bicyclic) bond motifs is 3. The molecule has 230 valence electrons. The number of anilines is 1. The number of aromatic amines is 1. The summed E-state index contributed by atoms with van der Waals surface area (Å²) in [6.07, 6.45) is 13.2. The van der Waals surface area contributed by atoms with E-state index in [1.807, 2.05) is 0 Å². The Bertz CT molecular complexity index is 1430. The monoisotopic (exact) mass is 583 g/mol. The Kier molecular flexibility index (Phi) is 8.54. The van der Waals surface area contributed by atoms with Crippen LogP contribution in [0.4, 0.5) is 5.69 Å². The molecule has 2 heterocycles. The van der Waals surface area contributed by atoms with Gasteiger partial charge in [0.05, 0.1) is 18.4 Å². The van der Waals surface area contributed by atoms with Crippen molar-refractivity contribution in [2.75, 3.05) is 45.2 Å². The van der Waals surface area contributed by atoms with Crippen molar-refractivity contribution in [2.45, 2.75) is 59.4 Å². The largest absolute Gasteiger partial charge is 0.496 e. The van der Waals surface area contributed by atoms with Crippen LogP contribution < -0.4 is 15.0 Å². The fourth-order valence-electron chi connectivity index (χ4n) is 8.14. The average Bonchev–Trinajstić information content (AvgIpc) is 3.72. The number of methoxy groups -OCH3 is 1. The number of imidazole rings is 1. The van der Waals surface area contributed by atoms with Gasteiger partial charge in [0.25, 0.3) is 0 Å². The molecule has 4 aliphatic rings. The van der Waals surface area contributed by atoms with Crippen LogP contribution in [0.3, 0.4) is 0 Å². The zero-order valence-electron chi connectivity index (χ0n) is 26.8. The number of benzene rings is 1. The number of ether oxygens (including phenoxy) is 1. The van der Waals surface area contributed by atoms with Crippen molar-refractivity contribution in [3.8, 4) is 17.1 Å². The second kappa shape index (κ2) is 12.4. The van der Waals surface area contributed by atoms with Crippen molar-refractivity contribution in [3.63, 3.8) is 0 Å². The number of nitrogens with one attached hydrogen (secondary N) is 2. The van der Waals surface area contributed by atoms with E-state index in [1.165, 1.54) is 22.5 Å². The number of hydrogen-bond acceptors (Lipinski definition) is 5. The number of amides is 1. The van der Waals surface area contributed by atoms with Gasteiger partial charge in [-0.1, -0.05) is 31.2 Å². The van der Waals surface area contributed by atoms with Gasteiger partial charge in [0, 0.05) is 55.6 Å². The van der Waals surface area contributed by atoms with Crippen molar-refractivity contribution in [1.29, 1.82) is 0 Å². The minimum atomic E-state index is 0.00106. The number of aryl methyl sites for hydroxylation is 1. The molecule has 2 N–H and O–H groups in total. The van der Waals surface area contributed by atoms with Gasteiger partial charge in [-0.2, -0.15) is 0 Å². The second-order valence-electron chi connectivity index (χ2n) is 13.4. The third kappa shape index (κ3) is 5.68. The molecule has 1 saturated carbocycles. The smallest absolute Gasteiger partial charge is 0.224 e. The Labute approximate surface area is 257 Å². The fraction of sp³-hybridized carbons (Fsp3) is 0.556. The molecule has 7 nitrogen and oxygen atoms in total. The first-order valence-corrected chi connectivity index (χ1v) is 16.4. The van der Waals surface area contributed by atoms with E-state index in [4.69, 9.17) is 9.72 Å². The van der Waals surface area contributed by atoms with Gasteiger partial charge in [0.15, 0.2) is 0 Å². The van der Waals surface area contributed by atoms with E-state index >= 15 is 0 Å². The molecule has 5 unspecified atom stereocenters. The van der Waals surface area contributed by atoms with Crippen molar-refractivity contribution in [1.82, 2.24) is 20.2 Å². The predicted octanol–water partition coefficient (Wildman–Crippen LogP) is 6.10. The number of rotatable bonds is 8. The zero-order chi connectivity index (χ0) is 30.2. The molecular formula is C36H49N5O2. The molecule has 3 aliphatic carbocycles. The van der Waals surface area contributed by atoms with Gasteiger partial charge in [-0.05, 0) is 100 Å². The number of carbonyl (C=O) groups is 1. The molecule has 5 atom stereocenters. The zero-order valence-corrected chi connectivity index (χ0v) is 26.8. The number of allylic oxidation sites excluding steroid dienone is 6. The Balaban J connectivity index is 1.38. The molecule has 6 rings (SSSR count). The van der Waals surface area contributed by atoms with Gasteiger partial charge in [-0.25, -0.2) is 4.98 Å². The summed E-state index contributed by atoms with van der Waals surface area (Å²) in [5.74, 6) is 3.17. The van der Waals surface area contributed by atoms with Crippen molar-refractivity contribution < 1.29 is 9.53 Å². The summed E-state index contributed by atoms with van der Waals surface area (Å²) in [6.45, 7) is 12.8. The first kappa shape index (κ1) is 29.7. The fourth-order valence-corrected chi connectivity index (χ4v) is 8.14. The van der Waals surface area contributed by atoms with Crippen LogP contribution in [-0.2, 0) is 11.2 Å². The van der Waals surface area contributed by atoms with Crippen molar-refractivity contribution in [3.05, 3.63) is 59.5 Å². The first-order chi connectivity index (χ1) is 20.8. The summed E-state index contributed by atoms with van der Waals surface area (Å²) in [7, 11) is 3.94. The van der Waals surface area contributed by atoms with Gasteiger partial charge in [-0.15, -0.1) is 0 Å². The summed E-state index contributed by atoms with van der Waals surface area (Å²) in [5, 5.41) is 3.26. The highest BCUT2D eigenvalue weighted by Crippen LogP contribution is 2.55. The van der Waals surface area contributed by atoms with Gasteiger partial charge < -0.3 is 24.8 Å². The highest BCUT2D eigenvalue weighted by atomic mass is 16.5. The maximum absolute atomic E-state index is 13.6. The second-order valence-corrected chi connectivity index (χ2v) is 13.4. The molecule has 2 bridgehead atoms. The lowest BCUT2D eigenvalue weighted by Crippen LogP contribution is -2.44. The molecule has 1 amide bonds.